The van der Waals surface area contributed by atoms with Crippen molar-refractivity contribution in [1.29, 1.82) is 0 Å². The largest absolute Gasteiger partial charge is 0.490 e. The SMILES string of the molecule is CCC(CC)(Cc1ccc(OC)c([N+](=O)[O-])c1)C(=O)O. The highest BCUT2D eigenvalue weighted by Gasteiger charge is 2.35. The molecule has 6 heteroatoms. The van der Waals surface area contributed by atoms with E-state index >= 15 is 0 Å². The molecular weight excluding hydrogens is 262 g/mol. The molecule has 0 spiro atoms. The summed E-state index contributed by atoms with van der Waals surface area (Å²) in [5, 5.41) is 20.4. The minimum absolute atomic E-state index is 0.142. The average Bonchev–Trinajstić information content (AvgIpc) is 2.44. The number of nitro groups is 1. The van der Waals surface area contributed by atoms with E-state index < -0.39 is 16.3 Å². The lowest BCUT2D eigenvalue weighted by molar-refractivity contribution is -0.385. The maximum atomic E-state index is 11.5. The summed E-state index contributed by atoms with van der Waals surface area (Å²) in [6.07, 6.45) is 1.21. The minimum Gasteiger partial charge on any atom is -0.490 e. The van der Waals surface area contributed by atoms with Gasteiger partial charge in [-0.15, -0.1) is 0 Å². The molecule has 1 aromatic carbocycles. The van der Waals surface area contributed by atoms with Crippen molar-refractivity contribution in [2.24, 2.45) is 5.41 Å². The molecule has 0 saturated heterocycles. The molecule has 20 heavy (non-hydrogen) atoms. The molecule has 0 aliphatic heterocycles. The van der Waals surface area contributed by atoms with Gasteiger partial charge in [0.25, 0.3) is 0 Å². The molecule has 1 aromatic rings. The zero-order valence-corrected chi connectivity index (χ0v) is 11.9. The molecule has 6 nitrogen and oxygen atoms in total. The molecule has 0 bridgehead atoms. The van der Waals surface area contributed by atoms with E-state index in [0.717, 1.165) is 0 Å². The molecule has 0 aliphatic rings. The van der Waals surface area contributed by atoms with Gasteiger partial charge in [0.15, 0.2) is 5.75 Å². The van der Waals surface area contributed by atoms with Crippen molar-refractivity contribution in [3.63, 3.8) is 0 Å². The lowest BCUT2D eigenvalue weighted by Gasteiger charge is -2.26. The van der Waals surface area contributed by atoms with Crippen LogP contribution in [0.25, 0.3) is 0 Å². The summed E-state index contributed by atoms with van der Waals surface area (Å²) < 4.78 is 4.93. The molecule has 0 aliphatic carbocycles. The number of methoxy groups -OCH3 is 1. The van der Waals surface area contributed by atoms with E-state index in [9.17, 15) is 20.0 Å². The Kier molecular flexibility index (Phi) is 5.07. The second kappa shape index (κ2) is 6.36. The predicted molar refractivity (Wildman–Crippen MR) is 74.0 cm³/mol. The Bertz CT molecular complexity index is 508. The van der Waals surface area contributed by atoms with E-state index in [-0.39, 0.29) is 17.9 Å². The van der Waals surface area contributed by atoms with Gasteiger partial charge in [-0.1, -0.05) is 19.9 Å². The fraction of sp³-hybridized carbons (Fsp3) is 0.500. The number of carboxylic acids is 1. The Morgan fingerprint density at radius 3 is 2.40 bits per heavy atom. The van der Waals surface area contributed by atoms with Crippen LogP contribution >= 0.6 is 0 Å². The van der Waals surface area contributed by atoms with Crippen LogP contribution in [0.4, 0.5) is 5.69 Å². The van der Waals surface area contributed by atoms with Crippen molar-refractivity contribution in [3.05, 3.63) is 33.9 Å². The monoisotopic (exact) mass is 281 g/mol. The van der Waals surface area contributed by atoms with Crippen molar-refractivity contribution >= 4 is 11.7 Å². The van der Waals surface area contributed by atoms with Gasteiger partial charge in [0.05, 0.1) is 17.4 Å². The Hall–Kier alpha value is -2.11. The van der Waals surface area contributed by atoms with Crippen molar-refractivity contribution in [3.8, 4) is 5.75 Å². The standard InChI is InChI=1S/C14H19NO5/c1-4-14(5-2,13(16)17)9-10-6-7-12(20-3)11(8-10)15(18)19/h6-8H,4-5,9H2,1-3H3,(H,16,17). The summed E-state index contributed by atoms with van der Waals surface area (Å²) in [5.41, 5.74) is -0.400. The topological polar surface area (TPSA) is 89.7 Å². The number of carboxylic acid groups (broad SMARTS) is 1. The molecule has 1 rings (SSSR count). The normalized spacial score (nSPS) is 11.2. The summed E-state index contributed by atoms with van der Waals surface area (Å²) in [7, 11) is 1.36. The van der Waals surface area contributed by atoms with Gasteiger partial charge in [0.1, 0.15) is 0 Å². The fourth-order valence-corrected chi connectivity index (χ4v) is 2.26. The maximum Gasteiger partial charge on any atom is 0.311 e. The summed E-state index contributed by atoms with van der Waals surface area (Å²) in [6.45, 7) is 3.63. The molecule has 0 unspecified atom stereocenters. The van der Waals surface area contributed by atoms with Crippen molar-refractivity contribution in [1.82, 2.24) is 0 Å². The Balaban J connectivity index is 3.18. The van der Waals surface area contributed by atoms with E-state index in [2.05, 4.69) is 0 Å². The number of nitro benzene ring substituents is 1. The highest BCUT2D eigenvalue weighted by Crippen LogP contribution is 2.34. The smallest absolute Gasteiger partial charge is 0.311 e. The number of hydrogen-bond acceptors (Lipinski definition) is 4. The molecule has 0 amide bonds. The van der Waals surface area contributed by atoms with Crippen LogP contribution < -0.4 is 4.74 Å². The first-order valence-electron chi connectivity index (χ1n) is 6.45. The Labute approximate surface area is 117 Å². The third-order valence-electron chi connectivity index (χ3n) is 3.79. The van der Waals surface area contributed by atoms with Crippen LogP contribution in [0.3, 0.4) is 0 Å². The van der Waals surface area contributed by atoms with Gasteiger partial charge in [-0.3, -0.25) is 14.9 Å². The van der Waals surface area contributed by atoms with Crippen LogP contribution in [-0.2, 0) is 11.2 Å². The fourth-order valence-electron chi connectivity index (χ4n) is 2.26. The molecule has 0 heterocycles. The van der Waals surface area contributed by atoms with E-state index in [1.807, 2.05) is 13.8 Å². The van der Waals surface area contributed by atoms with Gasteiger partial charge in [0.2, 0.25) is 0 Å². The van der Waals surface area contributed by atoms with E-state index in [1.54, 1.807) is 6.07 Å². The molecule has 0 radical (unpaired) electrons. The van der Waals surface area contributed by atoms with Crippen molar-refractivity contribution < 1.29 is 19.6 Å². The van der Waals surface area contributed by atoms with Gasteiger partial charge < -0.3 is 9.84 Å². The lowest BCUT2D eigenvalue weighted by Crippen LogP contribution is -2.32. The Morgan fingerprint density at radius 1 is 1.40 bits per heavy atom. The number of aliphatic carboxylic acids is 1. The summed E-state index contributed by atoms with van der Waals surface area (Å²) in [6, 6.07) is 4.57. The number of benzene rings is 1. The molecule has 0 aromatic heterocycles. The van der Waals surface area contributed by atoms with E-state index in [0.29, 0.717) is 18.4 Å². The van der Waals surface area contributed by atoms with Crippen LogP contribution in [0.2, 0.25) is 0 Å². The second-order valence-corrected chi connectivity index (χ2v) is 4.73. The summed E-state index contributed by atoms with van der Waals surface area (Å²) >= 11 is 0. The Morgan fingerprint density at radius 2 is 2.00 bits per heavy atom. The molecule has 110 valence electrons. The van der Waals surface area contributed by atoms with E-state index in [1.165, 1.54) is 19.2 Å². The van der Waals surface area contributed by atoms with Gasteiger partial charge in [-0.05, 0) is 30.9 Å². The second-order valence-electron chi connectivity index (χ2n) is 4.73. The lowest BCUT2D eigenvalue weighted by atomic mass is 9.77. The number of hydrogen-bond donors (Lipinski definition) is 1. The molecular formula is C14H19NO5. The molecule has 0 saturated carbocycles. The third-order valence-corrected chi connectivity index (χ3v) is 3.79. The summed E-state index contributed by atoms with van der Waals surface area (Å²) in [4.78, 5) is 21.9. The van der Waals surface area contributed by atoms with Gasteiger partial charge in [-0.25, -0.2) is 0 Å². The zero-order chi connectivity index (χ0) is 15.3. The number of nitrogens with zero attached hydrogens (tertiary/aromatic N) is 1. The highest BCUT2D eigenvalue weighted by atomic mass is 16.6. The van der Waals surface area contributed by atoms with Crippen LogP contribution in [-0.4, -0.2) is 23.1 Å². The van der Waals surface area contributed by atoms with Gasteiger partial charge in [-0.2, -0.15) is 0 Å². The van der Waals surface area contributed by atoms with Crippen LogP contribution in [0.1, 0.15) is 32.3 Å². The first kappa shape index (κ1) is 15.9. The van der Waals surface area contributed by atoms with Crippen LogP contribution in [0.15, 0.2) is 18.2 Å². The van der Waals surface area contributed by atoms with Gasteiger partial charge in [0, 0.05) is 6.07 Å². The zero-order valence-electron chi connectivity index (χ0n) is 11.9. The molecule has 0 atom stereocenters. The van der Waals surface area contributed by atoms with Gasteiger partial charge >= 0.3 is 11.7 Å². The maximum absolute atomic E-state index is 11.5. The van der Waals surface area contributed by atoms with Crippen molar-refractivity contribution in [2.45, 2.75) is 33.1 Å². The van der Waals surface area contributed by atoms with Crippen molar-refractivity contribution in [2.75, 3.05) is 7.11 Å². The summed E-state index contributed by atoms with van der Waals surface area (Å²) in [5.74, 6) is -0.700. The highest BCUT2D eigenvalue weighted by molar-refractivity contribution is 5.75. The van der Waals surface area contributed by atoms with Crippen LogP contribution in [0, 0.1) is 15.5 Å². The first-order valence-corrected chi connectivity index (χ1v) is 6.45. The molecule has 1 N–H and O–H groups in total. The first-order chi connectivity index (χ1) is 9.40. The molecule has 0 fully saturated rings. The van der Waals surface area contributed by atoms with E-state index in [4.69, 9.17) is 4.74 Å². The van der Waals surface area contributed by atoms with Crippen LogP contribution in [0.5, 0.6) is 5.75 Å². The minimum atomic E-state index is -0.886. The number of ether oxygens (including phenoxy) is 1. The quantitative estimate of drug-likeness (QED) is 0.612. The predicted octanol–water partition coefficient (Wildman–Crippen LogP) is 3.04. The third kappa shape index (κ3) is 3.07. The number of rotatable bonds is 7. The average molecular weight is 281 g/mol. The number of carbonyl (C=O) groups is 1.